The molecule has 7 nitrogen and oxygen atoms in total. The van der Waals surface area contributed by atoms with E-state index in [1.165, 1.54) is 0 Å². The molecule has 2 aliphatic rings. The van der Waals surface area contributed by atoms with Gasteiger partial charge in [-0.3, -0.25) is 4.90 Å². The van der Waals surface area contributed by atoms with Crippen LogP contribution in [0.4, 0.5) is 6.01 Å². The van der Waals surface area contributed by atoms with Crippen molar-refractivity contribution in [2.45, 2.75) is 37.7 Å². The summed E-state index contributed by atoms with van der Waals surface area (Å²) in [6.45, 7) is 4.78. The van der Waals surface area contributed by atoms with Crippen molar-refractivity contribution >= 4 is 17.1 Å². The van der Waals surface area contributed by atoms with Crippen molar-refractivity contribution in [1.82, 2.24) is 9.88 Å². The van der Waals surface area contributed by atoms with Gasteiger partial charge in [0.15, 0.2) is 5.58 Å². The Labute approximate surface area is 146 Å². The first-order valence-electron chi connectivity index (χ1n) is 8.91. The molecule has 0 radical (unpaired) electrons. The van der Waals surface area contributed by atoms with Crippen LogP contribution in [0.15, 0.2) is 28.7 Å². The van der Waals surface area contributed by atoms with E-state index in [4.69, 9.17) is 4.42 Å². The van der Waals surface area contributed by atoms with Gasteiger partial charge < -0.3 is 24.6 Å². The maximum atomic E-state index is 10.1. The normalized spacial score (nSPS) is 34.1. The predicted molar refractivity (Wildman–Crippen MR) is 93.4 cm³/mol. The van der Waals surface area contributed by atoms with Gasteiger partial charge in [0.05, 0.1) is 12.2 Å². The Balaban J connectivity index is 1.40. The number of hydrogen-bond acceptors (Lipinski definition) is 7. The molecule has 3 heterocycles. The molecule has 1 aromatic heterocycles. The molecular weight excluding hydrogens is 322 g/mol. The van der Waals surface area contributed by atoms with Crippen molar-refractivity contribution < 1.29 is 19.7 Å². The molecule has 0 saturated carbocycles. The molecule has 2 aliphatic heterocycles. The van der Waals surface area contributed by atoms with Gasteiger partial charge in [-0.1, -0.05) is 12.1 Å². The summed E-state index contributed by atoms with van der Waals surface area (Å²) in [5.41, 5.74) is 1.66. The Morgan fingerprint density at radius 3 is 2.76 bits per heavy atom. The van der Waals surface area contributed by atoms with Crippen LogP contribution in [0.1, 0.15) is 13.3 Å². The first-order valence-corrected chi connectivity index (χ1v) is 8.91. The topological polar surface area (TPSA) is 93.2 Å². The second kappa shape index (κ2) is 6.57. The molecule has 5 atom stereocenters. The number of aliphatic hydroxyl groups is 3. The van der Waals surface area contributed by atoms with Gasteiger partial charge in [-0.2, -0.15) is 4.98 Å². The van der Waals surface area contributed by atoms with Crippen molar-refractivity contribution in [3.8, 4) is 0 Å². The lowest BCUT2D eigenvalue weighted by atomic mass is 9.93. The van der Waals surface area contributed by atoms with E-state index in [0.717, 1.165) is 37.2 Å². The predicted octanol–water partition coefficient (Wildman–Crippen LogP) is 0.441. The van der Waals surface area contributed by atoms with Gasteiger partial charge in [0.2, 0.25) is 0 Å². The van der Waals surface area contributed by atoms with E-state index in [2.05, 4.69) is 14.8 Å². The molecular formula is C18H25N3O4. The number of rotatable bonds is 3. The largest absolute Gasteiger partial charge is 0.423 e. The van der Waals surface area contributed by atoms with Crippen LogP contribution >= 0.6 is 0 Å². The highest BCUT2D eigenvalue weighted by Gasteiger charge is 2.40. The van der Waals surface area contributed by atoms with E-state index < -0.39 is 18.3 Å². The molecule has 0 spiro atoms. The second-order valence-corrected chi connectivity index (χ2v) is 7.31. The minimum absolute atomic E-state index is 0.170. The number of oxazole rings is 1. The number of aromatic nitrogens is 1. The summed E-state index contributed by atoms with van der Waals surface area (Å²) >= 11 is 0. The summed E-state index contributed by atoms with van der Waals surface area (Å²) in [5.74, 6) is 0.409. The zero-order chi connectivity index (χ0) is 17.6. The zero-order valence-electron chi connectivity index (χ0n) is 14.3. The average Bonchev–Trinajstić information content (AvgIpc) is 3.24. The molecule has 7 heteroatoms. The van der Waals surface area contributed by atoms with E-state index >= 15 is 0 Å². The number of benzene rings is 1. The smallest absolute Gasteiger partial charge is 0.298 e. The molecule has 0 bridgehead atoms. The molecule has 0 aliphatic carbocycles. The summed E-state index contributed by atoms with van der Waals surface area (Å²) in [5, 5.41) is 29.8. The fourth-order valence-electron chi connectivity index (χ4n) is 3.97. The number of anilines is 1. The average molecular weight is 347 g/mol. The summed E-state index contributed by atoms with van der Waals surface area (Å²) < 4.78 is 5.85. The maximum Gasteiger partial charge on any atom is 0.298 e. The van der Waals surface area contributed by atoms with Gasteiger partial charge in [0.25, 0.3) is 6.01 Å². The van der Waals surface area contributed by atoms with Crippen LogP contribution < -0.4 is 4.90 Å². The lowest BCUT2D eigenvalue weighted by molar-refractivity contribution is -0.134. The van der Waals surface area contributed by atoms with Crippen molar-refractivity contribution in [3.05, 3.63) is 24.3 Å². The molecule has 2 fully saturated rings. The van der Waals surface area contributed by atoms with Crippen LogP contribution in [0.2, 0.25) is 0 Å². The van der Waals surface area contributed by atoms with E-state index in [9.17, 15) is 15.3 Å². The second-order valence-electron chi connectivity index (χ2n) is 7.31. The maximum absolute atomic E-state index is 10.1. The molecule has 2 aromatic rings. The first-order chi connectivity index (χ1) is 12.0. The van der Waals surface area contributed by atoms with E-state index in [0.29, 0.717) is 18.5 Å². The molecule has 4 rings (SSSR count). The Morgan fingerprint density at radius 2 is 1.96 bits per heavy atom. The van der Waals surface area contributed by atoms with E-state index in [1.54, 1.807) is 0 Å². The Morgan fingerprint density at radius 1 is 1.16 bits per heavy atom. The van der Waals surface area contributed by atoms with Crippen molar-refractivity contribution in [1.29, 1.82) is 0 Å². The molecule has 0 unspecified atom stereocenters. The number of nitrogens with zero attached hydrogens (tertiary/aromatic N) is 3. The molecule has 2 saturated heterocycles. The van der Waals surface area contributed by atoms with Crippen LogP contribution in [0, 0.1) is 5.92 Å². The number of piperidine rings is 1. The Hall–Kier alpha value is -1.67. The highest BCUT2D eigenvalue weighted by molar-refractivity contribution is 5.74. The molecule has 25 heavy (non-hydrogen) atoms. The minimum Gasteiger partial charge on any atom is -0.423 e. The number of aliphatic hydroxyl groups excluding tert-OH is 3. The van der Waals surface area contributed by atoms with Gasteiger partial charge in [0.1, 0.15) is 11.6 Å². The van der Waals surface area contributed by atoms with Gasteiger partial charge in [-0.05, 0) is 31.4 Å². The minimum atomic E-state index is -1.06. The molecule has 0 amide bonds. The first kappa shape index (κ1) is 16.8. The number of fused-ring (bicyclic) bond motifs is 1. The van der Waals surface area contributed by atoms with Crippen LogP contribution in [0.5, 0.6) is 0 Å². The van der Waals surface area contributed by atoms with Crippen LogP contribution in [-0.4, -0.2) is 75.7 Å². The van der Waals surface area contributed by atoms with Gasteiger partial charge in [0, 0.05) is 32.2 Å². The summed E-state index contributed by atoms with van der Waals surface area (Å²) in [6.07, 6.45) is -1.87. The summed E-state index contributed by atoms with van der Waals surface area (Å²) in [4.78, 5) is 8.78. The van der Waals surface area contributed by atoms with E-state index in [-0.39, 0.29) is 6.04 Å². The fourth-order valence-corrected chi connectivity index (χ4v) is 3.97. The Kier molecular flexibility index (Phi) is 4.41. The number of hydrogen-bond donors (Lipinski definition) is 3. The summed E-state index contributed by atoms with van der Waals surface area (Å²) in [6, 6.07) is 8.24. The highest BCUT2D eigenvalue weighted by atomic mass is 16.4. The summed E-state index contributed by atoms with van der Waals surface area (Å²) in [7, 11) is 0. The fraction of sp³-hybridized carbons (Fsp3) is 0.611. The van der Waals surface area contributed by atoms with Crippen molar-refractivity contribution in [3.63, 3.8) is 0 Å². The zero-order valence-corrected chi connectivity index (χ0v) is 14.3. The van der Waals surface area contributed by atoms with Gasteiger partial charge >= 0.3 is 0 Å². The highest BCUT2D eigenvalue weighted by Crippen LogP contribution is 2.28. The molecule has 1 aromatic carbocycles. The third kappa shape index (κ3) is 3.13. The third-order valence-electron chi connectivity index (χ3n) is 5.57. The number of para-hydroxylation sites is 2. The number of β-amino-alcohol motifs (C(OH)–C–C–N with tert-alkyl or cyclic N) is 1. The van der Waals surface area contributed by atoms with Crippen LogP contribution in [-0.2, 0) is 0 Å². The van der Waals surface area contributed by atoms with Crippen LogP contribution in [0.3, 0.4) is 0 Å². The lowest BCUT2D eigenvalue weighted by Gasteiger charge is -2.43. The van der Waals surface area contributed by atoms with E-state index in [1.807, 2.05) is 31.2 Å². The van der Waals surface area contributed by atoms with Gasteiger partial charge in [-0.15, -0.1) is 0 Å². The molecule has 3 N–H and O–H groups in total. The Bertz CT molecular complexity index is 703. The SMILES string of the molecule is C[C@@H]1[C@@H](O)[C@H](O)[C@@H](O)CN1C[C@H]1CCN(c2nc3ccccc3o2)C1. The third-order valence-corrected chi connectivity index (χ3v) is 5.57. The van der Waals surface area contributed by atoms with Crippen molar-refractivity contribution in [2.75, 3.05) is 31.1 Å². The van der Waals surface area contributed by atoms with Gasteiger partial charge in [-0.25, -0.2) is 0 Å². The molecule has 136 valence electrons. The standard InChI is InChI=1S/C18H25N3O4/c1-11-16(23)17(24)14(22)10-21(11)9-12-6-7-20(8-12)18-19-13-4-2-3-5-15(13)25-18/h2-5,11-12,14,16-17,22-24H,6-10H2,1H3/t11-,12+,14+,16-,17-/m1/s1. The quantitative estimate of drug-likeness (QED) is 0.742. The monoisotopic (exact) mass is 347 g/mol. The lowest BCUT2D eigenvalue weighted by Crippen LogP contribution is -2.60. The van der Waals surface area contributed by atoms with Crippen LogP contribution in [0.25, 0.3) is 11.1 Å². The number of likely N-dealkylation sites (tertiary alicyclic amines) is 1. The van der Waals surface area contributed by atoms with Crippen molar-refractivity contribution in [2.24, 2.45) is 5.92 Å².